The lowest BCUT2D eigenvalue weighted by Crippen LogP contribution is -2.41. The highest BCUT2D eigenvalue weighted by Crippen LogP contribution is 2.14. The molecule has 0 bridgehead atoms. The Morgan fingerprint density at radius 3 is 2.56 bits per heavy atom. The number of sulfonamides is 1. The summed E-state index contributed by atoms with van der Waals surface area (Å²) in [4.78, 5) is 12.0. The second kappa shape index (κ2) is 8.26. The Labute approximate surface area is 146 Å². The van der Waals surface area contributed by atoms with E-state index in [2.05, 4.69) is 5.32 Å². The second-order valence-corrected chi connectivity index (χ2v) is 7.85. The summed E-state index contributed by atoms with van der Waals surface area (Å²) in [6.07, 6.45) is 2.94. The third-order valence-corrected chi connectivity index (χ3v) is 5.52. The summed E-state index contributed by atoms with van der Waals surface area (Å²) >= 11 is 0. The number of likely N-dealkylation sites (N-methyl/N-ethyl adjacent to an activating group) is 1. The van der Waals surface area contributed by atoms with E-state index in [1.807, 2.05) is 13.0 Å². The Morgan fingerprint density at radius 2 is 1.96 bits per heavy atom. The van der Waals surface area contributed by atoms with Gasteiger partial charge in [0.15, 0.2) is 0 Å². The molecule has 0 spiro atoms. The van der Waals surface area contributed by atoms with Gasteiger partial charge >= 0.3 is 0 Å². The van der Waals surface area contributed by atoms with Crippen molar-refractivity contribution in [2.45, 2.75) is 30.7 Å². The van der Waals surface area contributed by atoms with Crippen molar-refractivity contribution in [2.24, 2.45) is 0 Å². The molecule has 1 atom stereocenters. The van der Waals surface area contributed by atoms with Gasteiger partial charge in [0.05, 0.1) is 17.7 Å². The topological polar surface area (TPSA) is 79.6 Å². The van der Waals surface area contributed by atoms with Crippen LogP contribution in [-0.4, -0.2) is 38.3 Å². The zero-order valence-electron chi connectivity index (χ0n) is 14.1. The minimum absolute atomic E-state index is 0.0601. The fourth-order valence-electron chi connectivity index (χ4n) is 2.28. The van der Waals surface area contributed by atoms with Crippen LogP contribution in [0.15, 0.2) is 52.0 Å². The zero-order valence-corrected chi connectivity index (χ0v) is 14.9. The number of halogens is 1. The predicted molar refractivity (Wildman–Crippen MR) is 90.8 cm³/mol. The highest BCUT2D eigenvalue weighted by molar-refractivity contribution is 7.89. The minimum Gasteiger partial charge on any atom is -0.469 e. The van der Waals surface area contributed by atoms with E-state index in [-0.39, 0.29) is 17.5 Å². The number of benzene rings is 1. The van der Waals surface area contributed by atoms with Crippen LogP contribution in [-0.2, 0) is 21.2 Å². The molecule has 0 aliphatic heterocycles. The molecule has 1 aromatic heterocycles. The Hall–Kier alpha value is -2.19. The number of carbonyl (C=O) groups excluding carboxylic acids is 1. The lowest BCUT2D eigenvalue weighted by molar-refractivity contribution is -0.121. The Balaban J connectivity index is 1.87. The molecule has 8 heteroatoms. The number of nitrogens with one attached hydrogen (secondary N) is 1. The molecule has 1 aromatic carbocycles. The Morgan fingerprint density at radius 1 is 1.28 bits per heavy atom. The third kappa shape index (κ3) is 5.40. The van der Waals surface area contributed by atoms with Gasteiger partial charge in [0, 0.05) is 19.5 Å². The number of rotatable bonds is 8. The molecule has 0 radical (unpaired) electrons. The van der Waals surface area contributed by atoms with Crippen LogP contribution in [0.4, 0.5) is 4.39 Å². The molecule has 0 saturated carbocycles. The quantitative estimate of drug-likeness (QED) is 0.774. The van der Waals surface area contributed by atoms with Gasteiger partial charge in [-0.25, -0.2) is 12.8 Å². The number of aryl methyl sites for hydroxylation is 1. The second-order valence-electron chi connectivity index (χ2n) is 5.80. The Bertz CT molecular complexity index is 789. The van der Waals surface area contributed by atoms with Crippen molar-refractivity contribution in [1.29, 1.82) is 0 Å². The molecule has 0 aliphatic carbocycles. The van der Waals surface area contributed by atoms with Gasteiger partial charge in [-0.1, -0.05) is 0 Å². The molecular weight excluding hydrogens is 347 g/mol. The maximum Gasteiger partial charge on any atom is 0.243 e. The van der Waals surface area contributed by atoms with Crippen molar-refractivity contribution in [3.05, 3.63) is 54.2 Å². The van der Waals surface area contributed by atoms with Crippen LogP contribution in [0.2, 0.25) is 0 Å². The molecule has 136 valence electrons. The van der Waals surface area contributed by atoms with Crippen molar-refractivity contribution in [3.8, 4) is 0 Å². The first-order valence-electron chi connectivity index (χ1n) is 7.82. The van der Waals surface area contributed by atoms with Crippen LogP contribution in [0.1, 0.15) is 19.1 Å². The highest BCUT2D eigenvalue weighted by atomic mass is 32.2. The monoisotopic (exact) mass is 368 g/mol. The van der Waals surface area contributed by atoms with Gasteiger partial charge in [-0.15, -0.1) is 0 Å². The van der Waals surface area contributed by atoms with Gasteiger partial charge in [-0.2, -0.15) is 4.31 Å². The SMILES string of the molecule is C[C@H](CCc1ccco1)NC(=O)CN(C)S(=O)(=O)c1ccc(F)cc1. The largest absolute Gasteiger partial charge is 0.469 e. The fraction of sp³-hybridized carbons (Fsp3) is 0.353. The maximum atomic E-state index is 12.9. The number of hydrogen-bond donors (Lipinski definition) is 1. The maximum absolute atomic E-state index is 12.9. The van der Waals surface area contributed by atoms with Crippen LogP contribution < -0.4 is 5.32 Å². The van der Waals surface area contributed by atoms with Crippen molar-refractivity contribution < 1.29 is 22.0 Å². The Kier molecular flexibility index (Phi) is 6.33. The number of nitrogens with zero attached hydrogens (tertiary/aromatic N) is 1. The average molecular weight is 368 g/mol. The van der Waals surface area contributed by atoms with E-state index in [1.165, 1.54) is 19.2 Å². The summed E-state index contributed by atoms with van der Waals surface area (Å²) in [7, 11) is -2.53. The highest BCUT2D eigenvalue weighted by Gasteiger charge is 2.23. The molecule has 1 amide bonds. The average Bonchev–Trinajstić information content (AvgIpc) is 3.06. The summed E-state index contributed by atoms with van der Waals surface area (Å²) in [5, 5.41) is 2.76. The summed E-state index contributed by atoms with van der Waals surface area (Å²) in [5.74, 6) is -0.0954. The van der Waals surface area contributed by atoms with Gasteiger partial charge in [-0.3, -0.25) is 4.79 Å². The first-order valence-corrected chi connectivity index (χ1v) is 9.26. The first kappa shape index (κ1) is 19.1. The molecule has 2 aromatic rings. The van der Waals surface area contributed by atoms with Crippen LogP contribution in [0.3, 0.4) is 0 Å². The van der Waals surface area contributed by atoms with Gasteiger partial charge < -0.3 is 9.73 Å². The first-order chi connectivity index (χ1) is 11.8. The molecule has 2 rings (SSSR count). The number of furan rings is 1. The number of amides is 1. The predicted octanol–water partition coefficient (Wildman–Crippen LogP) is 2.18. The normalized spacial score (nSPS) is 13.0. The number of hydrogen-bond acceptors (Lipinski definition) is 4. The van der Waals surface area contributed by atoms with E-state index in [0.717, 1.165) is 22.2 Å². The molecule has 6 nitrogen and oxygen atoms in total. The fourth-order valence-corrected chi connectivity index (χ4v) is 3.41. The van der Waals surface area contributed by atoms with Crippen LogP contribution >= 0.6 is 0 Å². The van der Waals surface area contributed by atoms with E-state index in [4.69, 9.17) is 4.42 Å². The molecular formula is C17H21FN2O4S. The molecule has 0 fully saturated rings. The van der Waals surface area contributed by atoms with Gasteiger partial charge in [-0.05, 0) is 49.7 Å². The molecule has 0 aliphatic rings. The van der Waals surface area contributed by atoms with Crippen molar-refractivity contribution in [3.63, 3.8) is 0 Å². The molecule has 1 heterocycles. The van der Waals surface area contributed by atoms with Crippen LogP contribution in [0, 0.1) is 5.82 Å². The van der Waals surface area contributed by atoms with E-state index < -0.39 is 21.7 Å². The summed E-state index contributed by atoms with van der Waals surface area (Å²) in [6.45, 7) is 1.53. The molecule has 1 N–H and O–H groups in total. The molecule has 0 saturated heterocycles. The van der Waals surface area contributed by atoms with E-state index in [0.29, 0.717) is 12.8 Å². The summed E-state index contributed by atoms with van der Waals surface area (Å²) in [5.41, 5.74) is 0. The van der Waals surface area contributed by atoms with Crippen LogP contribution in [0.25, 0.3) is 0 Å². The van der Waals surface area contributed by atoms with Crippen molar-refractivity contribution in [1.82, 2.24) is 9.62 Å². The van der Waals surface area contributed by atoms with E-state index >= 15 is 0 Å². The van der Waals surface area contributed by atoms with Crippen molar-refractivity contribution in [2.75, 3.05) is 13.6 Å². The smallest absolute Gasteiger partial charge is 0.243 e. The lowest BCUT2D eigenvalue weighted by Gasteiger charge is -2.19. The zero-order chi connectivity index (χ0) is 18.4. The van der Waals surface area contributed by atoms with Gasteiger partial charge in [0.1, 0.15) is 11.6 Å². The molecule has 25 heavy (non-hydrogen) atoms. The van der Waals surface area contributed by atoms with Gasteiger partial charge in [0.2, 0.25) is 15.9 Å². The van der Waals surface area contributed by atoms with Crippen LogP contribution in [0.5, 0.6) is 0 Å². The van der Waals surface area contributed by atoms with E-state index in [9.17, 15) is 17.6 Å². The van der Waals surface area contributed by atoms with Crippen molar-refractivity contribution >= 4 is 15.9 Å². The van der Waals surface area contributed by atoms with E-state index in [1.54, 1.807) is 12.3 Å². The standard InChI is InChI=1S/C17H21FN2O4S/c1-13(5-8-15-4-3-11-24-15)19-17(21)12-20(2)25(22,23)16-9-6-14(18)7-10-16/h3-4,6-7,9-11,13H,5,8,12H2,1-2H3,(H,19,21)/t13-/m1/s1. The number of carbonyl (C=O) groups is 1. The summed E-state index contributed by atoms with van der Waals surface area (Å²) in [6, 6.07) is 8.01. The third-order valence-electron chi connectivity index (χ3n) is 3.70. The summed E-state index contributed by atoms with van der Waals surface area (Å²) < 4.78 is 43.8. The molecule has 0 unspecified atom stereocenters. The van der Waals surface area contributed by atoms with Gasteiger partial charge in [0.25, 0.3) is 0 Å². The minimum atomic E-state index is -3.84. The lowest BCUT2D eigenvalue weighted by atomic mass is 10.1.